The molecular weight excluding hydrogens is 252 g/mol. The highest BCUT2D eigenvalue weighted by atomic mass is 32.1. The molecule has 0 bridgehead atoms. The molecule has 1 N–H and O–H groups in total. The minimum atomic E-state index is -0.556. The molecule has 0 spiro atoms. The highest BCUT2D eigenvalue weighted by Crippen LogP contribution is 2.40. The number of hydrogen-bond acceptors (Lipinski definition) is 3. The quantitative estimate of drug-likeness (QED) is 0.885. The Hall–Kier alpha value is -1.79. The summed E-state index contributed by atoms with van der Waals surface area (Å²) in [5.41, 5.74) is 2.86. The Morgan fingerprint density at radius 2 is 2.16 bits per heavy atom. The van der Waals surface area contributed by atoms with Crippen molar-refractivity contribution in [2.24, 2.45) is 0 Å². The van der Waals surface area contributed by atoms with E-state index >= 15 is 0 Å². The molecular formula is C16H16N2S. The molecule has 3 rings (SSSR count). The molecule has 1 aliphatic rings. The normalized spacial score (nSPS) is 21.5. The van der Waals surface area contributed by atoms with Crippen LogP contribution in [-0.4, -0.2) is 0 Å². The van der Waals surface area contributed by atoms with Gasteiger partial charge in [-0.25, -0.2) is 0 Å². The van der Waals surface area contributed by atoms with Crippen LogP contribution in [0, 0.1) is 18.3 Å². The molecule has 0 fully saturated rings. The number of fused-ring (bicyclic) bond motifs is 1. The van der Waals surface area contributed by atoms with E-state index in [1.807, 2.05) is 12.1 Å². The number of anilines is 1. The number of nitrogens with one attached hydrogen (secondary N) is 1. The molecule has 1 atom stereocenters. The van der Waals surface area contributed by atoms with Crippen LogP contribution in [0.15, 0.2) is 35.7 Å². The zero-order chi connectivity index (χ0) is 13.3. The molecule has 96 valence electrons. The van der Waals surface area contributed by atoms with Crippen molar-refractivity contribution in [3.8, 4) is 6.07 Å². The molecule has 0 saturated carbocycles. The number of rotatable bonds is 2. The molecule has 1 aliphatic carbocycles. The second-order valence-corrected chi connectivity index (χ2v) is 6.07. The largest absolute Gasteiger partial charge is 0.363 e. The third kappa shape index (κ3) is 2.02. The van der Waals surface area contributed by atoms with Gasteiger partial charge in [-0.2, -0.15) is 5.26 Å². The van der Waals surface area contributed by atoms with E-state index in [2.05, 4.69) is 41.9 Å². The van der Waals surface area contributed by atoms with Crippen LogP contribution >= 0.6 is 11.3 Å². The summed E-state index contributed by atoms with van der Waals surface area (Å²) in [6, 6.07) is 12.8. The van der Waals surface area contributed by atoms with Crippen LogP contribution in [-0.2, 0) is 12.0 Å². The SMILES string of the molecule is Cc1ccccc1NC1(C#N)CCCc2sccc21. The number of nitrogens with zero attached hydrogens (tertiary/aromatic N) is 1. The van der Waals surface area contributed by atoms with E-state index in [4.69, 9.17) is 0 Å². The summed E-state index contributed by atoms with van der Waals surface area (Å²) in [5, 5.41) is 15.4. The first-order valence-corrected chi connectivity index (χ1v) is 7.45. The number of thiophene rings is 1. The summed E-state index contributed by atoms with van der Waals surface area (Å²) < 4.78 is 0. The van der Waals surface area contributed by atoms with Crippen LogP contribution in [0.5, 0.6) is 0 Å². The highest BCUT2D eigenvalue weighted by molar-refractivity contribution is 7.10. The summed E-state index contributed by atoms with van der Waals surface area (Å²) >= 11 is 1.77. The lowest BCUT2D eigenvalue weighted by Crippen LogP contribution is -2.36. The maximum absolute atomic E-state index is 9.75. The molecule has 2 aromatic rings. The van der Waals surface area contributed by atoms with Crippen LogP contribution in [0.4, 0.5) is 5.69 Å². The number of nitriles is 1. The second-order valence-electron chi connectivity index (χ2n) is 5.07. The van der Waals surface area contributed by atoms with Crippen molar-refractivity contribution in [1.82, 2.24) is 0 Å². The van der Waals surface area contributed by atoms with Gasteiger partial charge < -0.3 is 5.32 Å². The molecule has 19 heavy (non-hydrogen) atoms. The lowest BCUT2D eigenvalue weighted by atomic mass is 9.81. The fourth-order valence-corrected chi connectivity index (χ4v) is 3.78. The third-order valence-corrected chi connectivity index (χ3v) is 4.83. The predicted molar refractivity (Wildman–Crippen MR) is 79.3 cm³/mol. The van der Waals surface area contributed by atoms with Crippen LogP contribution in [0.2, 0.25) is 0 Å². The Balaban J connectivity index is 2.03. The zero-order valence-corrected chi connectivity index (χ0v) is 11.8. The van der Waals surface area contributed by atoms with E-state index in [9.17, 15) is 5.26 Å². The van der Waals surface area contributed by atoms with Gasteiger partial charge in [0.15, 0.2) is 5.54 Å². The number of hydrogen-bond donors (Lipinski definition) is 1. The van der Waals surface area contributed by atoms with E-state index in [-0.39, 0.29) is 0 Å². The van der Waals surface area contributed by atoms with E-state index in [0.717, 1.165) is 24.9 Å². The van der Waals surface area contributed by atoms with Crippen molar-refractivity contribution in [3.05, 3.63) is 51.7 Å². The second kappa shape index (κ2) is 4.71. The van der Waals surface area contributed by atoms with Gasteiger partial charge >= 0.3 is 0 Å². The van der Waals surface area contributed by atoms with Crippen molar-refractivity contribution in [3.63, 3.8) is 0 Å². The van der Waals surface area contributed by atoms with Gasteiger partial charge in [0.25, 0.3) is 0 Å². The fourth-order valence-electron chi connectivity index (χ4n) is 2.78. The van der Waals surface area contributed by atoms with Crippen molar-refractivity contribution in [2.45, 2.75) is 31.7 Å². The Bertz CT molecular complexity index is 638. The molecule has 2 nitrogen and oxygen atoms in total. The molecule has 1 heterocycles. The minimum absolute atomic E-state index is 0.556. The summed E-state index contributed by atoms with van der Waals surface area (Å²) in [5.74, 6) is 0. The highest BCUT2D eigenvalue weighted by Gasteiger charge is 2.37. The lowest BCUT2D eigenvalue weighted by molar-refractivity contribution is 0.510. The smallest absolute Gasteiger partial charge is 0.152 e. The van der Waals surface area contributed by atoms with Gasteiger partial charge in [0.05, 0.1) is 6.07 Å². The average molecular weight is 268 g/mol. The first-order chi connectivity index (χ1) is 9.25. The van der Waals surface area contributed by atoms with E-state index in [0.29, 0.717) is 0 Å². The lowest BCUT2D eigenvalue weighted by Gasteiger charge is -2.33. The van der Waals surface area contributed by atoms with E-state index in [1.165, 1.54) is 16.0 Å². The molecule has 0 radical (unpaired) electrons. The van der Waals surface area contributed by atoms with Gasteiger partial charge in [0.2, 0.25) is 0 Å². The zero-order valence-electron chi connectivity index (χ0n) is 10.9. The first-order valence-electron chi connectivity index (χ1n) is 6.57. The molecule has 1 aromatic heterocycles. The Morgan fingerprint density at radius 3 is 2.95 bits per heavy atom. The maximum atomic E-state index is 9.75. The third-order valence-electron chi connectivity index (χ3n) is 3.84. The fraction of sp³-hybridized carbons (Fsp3) is 0.312. The van der Waals surface area contributed by atoms with Crippen molar-refractivity contribution >= 4 is 17.0 Å². The Kier molecular flexibility index (Phi) is 3.04. The predicted octanol–water partition coefficient (Wildman–Crippen LogP) is 4.22. The summed E-state index contributed by atoms with van der Waals surface area (Å²) in [6.45, 7) is 2.07. The summed E-state index contributed by atoms with van der Waals surface area (Å²) in [7, 11) is 0. The topological polar surface area (TPSA) is 35.8 Å². The number of aryl methyl sites for hydroxylation is 2. The van der Waals surface area contributed by atoms with E-state index < -0.39 is 5.54 Å². The average Bonchev–Trinajstić information content (AvgIpc) is 2.91. The van der Waals surface area contributed by atoms with Crippen LogP contribution in [0.25, 0.3) is 0 Å². The maximum Gasteiger partial charge on any atom is 0.152 e. The molecule has 3 heteroatoms. The Labute approximate surface area is 117 Å². The van der Waals surface area contributed by atoms with Crippen LogP contribution in [0.3, 0.4) is 0 Å². The summed E-state index contributed by atoms with van der Waals surface area (Å²) in [6.07, 6.45) is 3.05. The van der Waals surface area contributed by atoms with Crippen LogP contribution in [0.1, 0.15) is 28.8 Å². The van der Waals surface area contributed by atoms with Gasteiger partial charge in [-0.1, -0.05) is 18.2 Å². The molecule has 1 aromatic carbocycles. The minimum Gasteiger partial charge on any atom is -0.363 e. The monoisotopic (exact) mass is 268 g/mol. The summed E-state index contributed by atoms with van der Waals surface area (Å²) in [4.78, 5) is 1.36. The molecule has 0 amide bonds. The van der Waals surface area contributed by atoms with Gasteiger partial charge in [0.1, 0.15) is 0 Å². The van der Waals surface area contributed by atoms with Gasteiger partial charge in [-0.15, -0.1) is 11.3 Å². The van der Waals surface area contributed by atoms with Crippen molar-refractivity contribution in [2.75, 3.05) is 5.32 Å². The molecule has 0 aliphatic heterocycles. The van der Waals surface area contributed by atoms with E-state index in [1.54, 1.807) is 11.3 Å². The van der Waals surface area contributed by atoms with Crippen LogP contribution < -0.4 is 5.32 Å². The van der Waals surface area contributed by atoms with Gasteiger partial charge in [-0.05, 0) is 49.3 Å². The number of benzene rings is 1. The van der Waals surface area contributed by atoms with Crippen molar-refractivity contribution < 1.29 is 0 Å². The standard InChI is InChI=1S/C16H16N2S/c1-12-5-2-3-6-14(12)18-16(11-17)9-4-7-15-13(16)8-10-19-15/h2-3,5-6,8,10,18H,4,7,9H2,1H3. The number of para-hydroxylation sites is 1. The first kappa shape index (κ1) is 12.3. The molecule has 0 saturated heterocycles. The Morgan fingerprint density at radius 1 is 1.32 bits per heavy atom. The van der Waals surface area contributed by atoms with Gasteiger partial charge in [0, 0.05) is 16.1 Å². The molecule has 1 unspecified atom stereocenters. The van der Waals surface area contributed by atoms with Crippen molar-refractivity contribution in [1.29, 1.82) is 5.26 Å². The van der Waals surface area contributed by atoms with Gasteiger partial charge in [-0.3, -0.25) is 0 Å².